The molecular formula is C20H27NO2. The number of hydrogen-bond acceptors (Lipinski definition) is 3. The van der Waals surface area contributed by atoms with Crippen LogP contribution in [0.2, 0.25) is 0 Å². The zero-order valence-electron chi connectivity index (χ0n) is 14.3. The van der Waals surface area contributed by atoms with E-state index in [0.717, 1.165) is 37.0 Å². The predicted molar refractivity (Wildman–Crippen MR) is 94.8 cm³/mol. The second-order valence-electron chi connectivity index (χ2n) is 6.32. The monoisotopic (exact) mass is 313 g/mol. The summed E-state index contributed by atoms with van der Waals surface area (Å²) in [5.41, 5.74) is 2.53. The molecule has 3 heteroatoms. The SMILES string of the molecule is CCN=C/C=C(\CC)C1=CCC(=O)C(C(=O)CC2CCCC2)=C1. The lowest BCUT2D eigenvalue weighted by molar-refractivity contribution is -0.121. The van der Waals surface area contributed by atoms with E-state index in [1.807, 2.05) is 25.3 Å². The molecule has 3 nitrogen and oxygen atoms in total. The molecular weight excluding hydrogens is 286 g/mol. The third-order valence-corrected chi connectivity index (χ3v) is 4.67. The lowest BCUT2D eigenvalue weighted by Crippen LogP contribution is -2.18. The Hall–Kier alpha value is -1.77. The lowest BCUT2D eigenvalue weighted by atomic mass is 9.87. The molecule has 0 unspecified atom stereocenters. The van der Waals surface area contributed by atoms with Crippen molar-refractivity contribution in [3.63, 3.8) is 0 Å². The maximum atomic E-state index is 12.5. The minimum Gasteiger partial charge on any atom is -0.294 e. The molecule has 1 saturated carbocycles. The highest BCUT2D eigenvalue weighted by Gasteiger charge is 2.25. The lowest BCUT2D eigenvalue weighted by Gasteiger charge is -2.15. The van der Waals surface area contributed by atoms with Crippen LogP contribution in [0.15, 0.2) is 39.9 Å². The van der Waals surface area contributed by atoms with Gasteiger partial charge in [0, 0.05) is 25.6 Å². The maximum absolute atomic E-state index is 12.5. The molecule has 2 rings (SSSR count). The van der Waals surface area contributed by atoms with Gasteiger partial charge in [-0.25, -0.2) is 0 Å². The number of aliphatic imine (C=N–C) groups is 1. The molecule has 124 valence electrons. The van der Waals surface area contributed by atoms with E-state index in [-0.39, 0.29) is 11.6 Å². The van der Waals surface area contributed by atoms with E-state index in [1.54, 1.807) is 6.08 Å². The summed E-state index contributed by atoms with van der Waals surface area (Å²) >= 11 is 0. The normalized spacial score (nSPS) is 20.1. The van der Waals surface area contributed by atoms with E-state index in [9.17, 15) is 9.59 Å². The van der Waals surface area contributed by atoms with Crippen LogP contribution in [0, 0.1) is 5.92 Å². The minimum atomic E-state index is -0.0329. The van der Waals surface area contributed by atoms with Crippen molar-refractivity contribution < 1.29 is 9.59 Å². The average molecular weight is 313 g/mol. The molecule has 0 heterocycles. The number of ketones is 2. The van der Waals surface area contributed by atoms with E-state index in [2.05, 4.69) is 11.9 Å². The molecule has 2 aliphatic carbocycles. The van der Waals surface area contributed by atoms with Gasteiger partial charge in [-0.3, -0.25) is 14.6 Å². The number of rotatable bonds is 7. The standard InChI is InChI=1S/C20H27NO2/c1-3-16(11-12-21-4-2)17-9-10-19(22)18(14-17)20(23)13-15-7-5-6-8-15/h9,11-12,14-15H,3-8,10,13H2,1-2H3/b16-11+,21-12?. The average Bonchev–Trinajstić information content (AvgIpc) is 3.05. The molecule has 0 aliphatic heterocycles. The van der Waals surface area contributed by atoms with Crippen LogP contribution in [0.5, 0.6) is 0 Å². The van der Waals surface area contributed by atoms with Crippen molar-refractivity contribution in [1.29, 1.82) is 0 Å². The fraction of sp³-hybridized carbons (Fsp3) is 0.550. The van der Waals surface area contributed by atoms with Gasteiger partial charge >= 0.3 is 0 Å². The molecule has 0 radical (unpaired) electrons. The van der Waals surface area contributed by atoms with Crippen LogP contribution in [-0.4, -0.2) is 24.3 Å². The molecule has 1 fully saturated rings. The summed E-state index contributed by atoms with van der Waals surface area (Å²) in [7, 11) is 0. The van der Waals surface area contributed by atoms with E-state index in [1.165, 1.54) is 12.8 Å². The Labute approximate surface area is 139 Å². The quantitative estimate of drug-likeness (QED) is 0.517. The second kappa shape index (κ2) is 8.76. The van der Waals surface area contributed by atoms with Crippen LogP contribution >= 0.6 is 0 Å². The molecule has 0 aromatic carbocycles. The molecule has 2 aliphatic rings. The smallest absolute Gasteiger partial charge is 0.170 e. The highest BCUT2D eigenvalue weighted by molar-refractivity contribution is 6.21. The fourth-order valence-corrected chi connectivity index (χ4v) is 3.32. The van der Waals surface area contributed by atoms with Crippen LogP contribution in [0.3, 0.4) is 0 Å². The van der Waals surface area contributed by atoms with E-state index in [4.69, 9.17) is 0 Å². The van der Waals surface area contributed by atoms with E-state index in [0.29, 0.717) is 24.3 Å². The third-order valence-electron chi connectivity index (χ3n) is 4.67. The zero-order chi connectivity index (χ0) is 16.7. The van der Waals surface area contributed by atoms with Gasteiger partial charge in [0.05, 0.1) is 5.57 Å². The van der Waals surface area contributed by atoms with Crippen LogP contribution in [0.1, 0.15) is 58.8 Å². The first-order valence-corrected chi connectivity index (χ1v) is 8.83. The summed E-state index contributed by atoms with van der Waals surface area (Å²) in [4.78, 5) is 28.9. The molecule has 0 saturated heterocycles. The van der Waals surface area contributed by atoms with Gasteiger partial charge in [-0.2, -0.15) is 0 Å². The molecule has 0 aromatic rings. The molecule has 23 heavy (non-hydrogen) atoms. The van der Waals surface area contributed by atoms with Crippen LogP contribution in [0.4, 0.5) is 0 Å². The Kier molecular flexibility index (Phi) is 6.69. The predicted octanol–water partition coefficient (Wildman–Crippen LogP) is 4.39. The first kappa shape index (κ1) is 17.6. The Morgan fingerprint density at radius 1 is 1.30 bits per heavy atom. The summed E-state index contributed by atoms with van der Waals surface area (Å²) in [5.74, 6) is 0.475. The van der Waals surface area contributed by atoms with Gasteiger partial charge < -0.3 is 0 Å². The van der Waals surface area contributed by atoms with Crippen LogP contribution < -0.4 is 0 Å². The number of carbonyl (C=O) groups excluding carboxylic acids is 2. The van der Waals surface area contributed by atoms with Crippen molar-refractivity contribution in [3.05, 3.63) is 34.9 Å². The van der Waals surface area contributed by atoms with Crippen molar-refractivity contribution >= 4 is 17.8 Å². The van der Waals surface area contributed by atoms with Crippen LogP contribution in [-0.2, 0) is 9.59 Å². The van der Waals surface area contributed by atoms with Gasteiger partial charge in [-0.15, -0.1) is 0 Å². The fourth-order valence-electron chi connectivity index (χ4n) is 3.32. The van der Waals surface area contributed by atoms with Crippen molar-refractivity contribution in [2.45, 2.75) is 58.8 Å². The van der Waals surface area contributed by atoms with Crippen molar-refractivity contribution in [1.82, 2.24) is 0 Å². The summed E-state index contributed by atoms with van der Waals surface area (Å²) in [5, 5.41) is 0. The van der Waals surface area contributed by atoms with Gasteiger partial charge in [0.15, 0.2) is 11.6 Å². The first-order valence-electron chi connectivity index (χ1n) is 8.83. The summed E-state index contributed by atoms with van der Waals surface area (Å²) in [6.45, 7) is 4.83. The number of carbonyl (C=O) groups is 2. The first-order chi connectivity index (χ1) is 11.2. The molecule has 0 amide bonds. The molecule has 0 bridgehead atoms. The van der Waals surface area contributed by atoms with Gasteiger partial charge in [-0.1, -0.05) is 38.7 Å². The summed E-state index contributed by atoms with van der Waals surface area (Å²) in [6.07, 6.45) is 14.0. The van der Waals surface area contributed by atoms with Crippen LogP contribution in [0.25, 0.3) is 0 Å². The minimum absolute atomic E-state index is 0.0326. The number of nitrogens with zero attached hydrogens (tertiary/aromatic N) is 1. The number of hydrogen-bond donors (Lipinski definition) is 0. The number of Topliss-reactive ketones (excluding diaryl/α,β-unsaturated/α-hetero) is 2. The largest absolute Gasteiger partial charge is 0.294 e. The Bertz CT molecular complexity index is 572. The van der Waals surface area contributed by atoms with Gasteiger partial charge in [0.25, 0.3) is 0 Å². The third kappa shape index (κ3) is 4.85. The summed E-state index contributed by atoms with van der Waals surface area (Å²) < 4.78 is 0. The molecule has 0 atom stereocenters. The van der Waals surface area contributed by atoms with Gasteiger partial charge in [0.2, 0.25) is 0 Å². The van der Waals surface area contributed by atoms with E-state index >= 15 is 0 Å². The summed E-state index contributed by atoms with van der Waals surface area (Å²) in [6, 6.07) is 0. The van der Waals surface area contributed by atoms with Gasteiger partial charge in [0.1, 0.15) is 0 Å². The second-order valence-corrected chi connectivity index (χ2v) is 6.32. The van der Waals surface area contributed by atoms with E-state index < -0.39 is 0 Å². The Morgan fingerprint density at radius 2 is 2.04 bits per heavy atom. The van der Waals surface area contributed by atoms with Crippen molar-refractivity contribution in [2.75, 3.05) is 6.54 Å². The highest BCUT2D eigenvalue weighted by Crippen LogP contribution is 2.30. The van der Waals surface area contributed by atoms with Crippen molar-refractivity contribution in [2.24, 2.45) is 10.9 Å². The molecule has 0 N–H and O–H groups in total. The van der Waals surface area contributed by atoms with Gasteiger partial charge in [-0.05, 0) is 42.6 Å². The van der Waals surface area contributed by atoms with Crippen molar-refractivity contribution in [3.8, 4) is 0 Å². The Morgan fingerprint density at radius 3 is 2.70 bits per heavy atom. The molecule has 0 aromatic heterocycles. The highest BCUT2D eigenvalue weighted by atomic mass is 16.1. The Balaban J connectivity index is 2.14. The molecule has 0 spiro atoms. The number of allylic oxidation sites excluding steroid dienone is 6. The topological polar surface area (TPSA) is 46.5 Å². The maximum Gasteiger partial charge on any atom is 0.170 e. The zero-order valence-corrected chi connectivity index (χ0v) is 14.3.